The summed E-state index contributed by atoms with van der Waals surface area (Å²) in [5.41, 5.74) is 6.54. The lowest BCUT2D eigenvalue weighted by Crippen LogP contribution is -2.41. The third-order valence-corrected chi connectivity index (χ3v) is 6.98. The van der Waals surface area contributed by atoms with Crippen LogP contribution in [0, 0.1) is 12.3 Å². The highest BCUT2D eigenvalue weighted by Gasteiger charge is 2.22. The molecule has 19 nitrogen and oxygen atoms in total. The Kier molecular flexibility index (Phi) is 19.8. The molecular formula is C34H46N8O11. The largest absolute Gasteiger partial charge is 0.480 e. The molecule has 0 aliphatic heterocycles. The Balaban J connectivity index is 1.19. The van der Waals surface area contributed by atoms with Crippen molar-refractivity contribution < 1.29 is 47.9 Å². The normalized spacial score (nSPS) is 11.5. The molecule has 1 atom stereocenters. The number of aromatic amines is 1. The van der Waals surface area contributed by atoms with Gasteiger partial charge in [0.15, 0.2) is 11.2 Å². The van der Waals surface area contributed by atoms with Gasteiger partial charge in [-0.2, -0.15) is 4.98 Å². The molecule has 53 heavy (non-hydrogen) atoms. The topological polar surface area (TPSA) is 260 Å². The molecular weight excluding hydrogens is 696 g/mol. The number of nitrogens with zero attached hydrogens (tertiary/aromatic N) is 3. The van der Waals surface area contributed by atoms with Gasteiger partial charge < -0.3 is 55.2 Å². The Hall–Kier alpha value is -5.23. The maximum absolute atomic E-state index is 12.7. The molecule has 3 rings (SSSR count). The molecule has 0 aliphatic rings. The zero-order chi connectivity index (χ0) is 38.1. The maximum atomic E-state index is 12.7. The van der Waals surface area contributed by atoms with Crippen molar-refractivity contribution in [3.05, 3.63) is 52.1 Å². The van der Waals surface area contributed by atoms with Gasteiger partial charge in [0.2, 0.25) is 11.9 Å². The number of rotatable bonds is 28. The van der Waals surface area contributed by atoms with Crippen molar-refractivity contribution in [3.8, 4) is 12.3 Å². The van der Waals surface area contributed by atoms with E-state index < -0.39 is 23.5 Å². The molecule has 0 fully saturated rings. The Bertz CT molecular complexity index is 1670. The number of anilines is 2. The van der Waals surface area contributed by atoms with Gasteiger partial charge in [-0.25, -0.2) is 14.8 Å². The van der Waals surface area contributed by atoms with Gasteiger partial charge >= 0.3 is 5.97 Å². The van der Waals surface area contributed by atoms with Crippen LogP contribution in [-0.4, -0.2) is 135 Å². The zero-order valence-corrected chi connectivity index (χ0v) is 29.3. The third-order valence-electron chi connectivity index (χ3n) is 6.98. The molecule has 0 unspecified atom stereocenters. The van der Waals surface area contributed by atoms with Crippen LogP contribution >= 0.6 is 0 Å². The summed E-state index contributed by atoms with van der Waals surface area (Å²) in [6.07, 6.45) is 6.32. The first-order chi connectivity index (χ1) is 25.8. The van der Waals surface area contributed by atoms with Crippen molar-refractivity contribution in [3.63, 3.8) is 0 Å². The molecule has 2 amide bonds. The predicted octanol–water partition coefficient (Wildman–Crippen LogP) is -0.280. The van der Waals surface area contributed by atoms with Gasteiger partial charge in [-0.1, -0.05) is 5.92 Å². The Morgan fingerprint density at radius 2 is 1.45 bits per heavy atom. The molecule has 0 saturated heterocycles. The summed E-state index contributed by atoms with van der Waals surface area (Å²) in [5, 5.41) is 17.8. The highest BCUT2D eigenvalue weighted by atomic mass is 16.6. The first kappa shape index (κ1) is 42.2. The lowest BCUT2D eigenvalue weighted by atomic mass is 10.1. The molecule has 0 radical (unpaired) electrons. The number of carbonyl (C=O) groups excluding carboxylic acids is 2. The predicted molar refractivity (Wildman–Crippen MR) is 191 cm³/mol. The van der Waals surface area contributed by atoms with E-state index in [1.807, 2.05) is 0 Å². The van der Waals surface area contributed by atoms with Gasteiger partial charge in [-0.3, -0.25) is 19.4 Å². The number of hydrogen-bond donors (Lipinski definition) is 6. The molecule has 1 aromatic carbocycles. The maximum Gasteiger partial charge on any atom is 0.326 e. The Labute approximate surface area is 305 Å². The summed E-state index contributed by atoms with van der Waals surface area (Å²) in [7, 11) is 0. The minimum atomic E-state index is -1.27. The number of nitrogens with two attached hydrogens (primary N) is 1. The number of nitrogens with one attached hydrogen (secondary N) is 4. The van der Waals surface area contributed by atoms with Crippen LogP contribution < -0.4 is 27.2 Å². The molecule has 0 bridgehead atoms. The summed E-state index contributed by atoms with van der Waals surface area (Å²) in [4.78, 5) is 63.5. The van der Waals surface area contributed by atoms with Crippen molar-refractivity contribution >= 4 is 40.6 Å². The fourth-order valence-corrected chi connectivity index (χ4v) is 4.34. The van der Waals surface area contributed by atoms with Crippen LogP contribution in [0.3, 0.4) is 0 Å². The van der Waals surface area contributed by atoms with E-state index in [9.17, 15) is 24.3 Å². The fourth-order valence-electron chi connectivity index (χ4n) is 4.34. The number of aromatic nitrogens is 4. The van der Waals surface area contributed by atoms with E-state index in [4.69, 9.17) is 40.6 Å². The summed E-state index contributed by atoms with van der Waals surface area (Å²) in [6.45, 7) is 5.18. The Morgan fingerprint density at radius 1 is 0.868 bits per heavy atom. The van der Waals surface area contributed by atoms with Gasteiger partial charge in [0.25, 0.3) is 11.5 Å². The number of fused-ring (bicyclic) bond motifs is 1. The number of aliphatic carboxylic acids is 1. The summed E-state index contributed by atoms with van der Waals surface area (Å²) >= 11 is 0. The van der Waals surface area contributed by atoms with Crippen LogP contribution in [0.1, 0.15) is 28.9 Å². The summed E-state index contributed by atoms with van der Waals surface area (Å²) in [5.74, 6) is 0.0769. The van der Waals surface area contributed by atoms with E-state index in [1.165, 1.54) is 18.3 Å². The lowest BCUT2D eigenvalue weighted by Gasteiger charge is -2.15. The summed E-state index contributed by atoms with van der Waals surface area (Å²) < 4.78 is 32.1. The van der Waals surface area contributed by atoms with Crippen molar-refractivity contribution in [1.82, 2.24) is 30.6 Å². The highest BCUT2D eigenvalue weighted by Crippen LogP contribution is 2.12. The van der Waals surface area contributed by atoms with Crippen molar-refractivity contribution in [2.75, 3.05) is 96.9 Å². The van der Waals surface area contributed by atoms with Gasteiger partial charge in [-0.05, 0) is 30.7 Å². The lowest BCUT2D eigenvalue weighted by molar-refractivity contribution is -0.139. The van der Waals surface area contributed by atoms with E-state index in [0.29, 0.717) is 77.5 Å². The number of H-pyrrole nitrogens is 1. The smallest absolute Gasteiger partial charge is 0.326 e. The third kappa shape index (κ3) is 17.2. The number of nitrogen functional groups attached to an aromatic ring is 1. The highest BCUT2D eigenvalue weighted by molar-refractivity contribution is 5.97. The molecule has 19 heteroatoms. The van der Waals surface area contributed by atoms with Crippen molar-refractivity contribution in [1.29, 1.82) is 0 Å². The van der Waals surface area contributed by atoms with Crippen molar-refractivity contribution in [2.45, 2.75) is 25.4 Å². The minimum absolute atomic E-state index is 0.0543. The molecule has 0 spiro atoms. The number of benzene rings is 1. The molecule has 2 heterocycles. The average Bonchev–Trinajstić information content (AvgIpc) is 3.14. The molecule has 7 N–H and O–H groups in total. The van der Waals surface area contributed by atoms with Crippen LogP contribution in [-0.2, 0) is 44.6 Å². The molecule has 3 aromatic rings. The van der Waals surface area contributed by atoms with E-state index in [1.54, 1.807) is 12.1 Å². The molecule has 2 aromatic heterocycles. The van der Waals surface area contributed by atoms with E-state index in [-0.39, 0.29) is 67.7 Å². The number of terminal acetylenes is 1. The minimum Gasteiger partial charge on any atom is -0.480 e. The number of ether oxygens (including phenoxy) is 6. The molecule has 0 saturated carbocycles. The number of carboxylic acid groups (broad SMARTS) is 1. The van der Waals surface area contributed by atoms with Crippen LogP contribution in [0.15, 0.2) is 35.3 Å². The van der Waals surface area contributed by atoms with Crippen LogP contribution in [0.4, 0.5) is 11.6 Å². The van der Waals surface area contributed by atoms with Crippen LogP contribution in [0.2, 0.25) is 0 Å². The first-order valence-corrected chi connectivity index (χ1v) is 16.8. The fraction of sp³-hybridized carbons (Fsp3) is 0.500. The van der Waals surface area contributed by atoms with E-state index in [2.05, 4.69) is 41.8 Å². The first-order valence-electron chi connectivity index (χ1n) is 16.8. The van der Waals surface area contributed by atoms with E-state index >= 15 is 0 Å². The SMILES string of the molecule is C#CCOCCOCCOCCOCCOCCOCCNC(=O)CC[C@H](NC(=O)c1ccc(NCc2cnc3nc(N)[nH]c(=O)c3n2)cc1)C(=O)O. The van der Waals surface area contributed by atoms with Crippen LogP contribution in [0.25, 0.3) is 11.2 Å². The second kappa shape index (κ2) is 24.9. The van der Waals surface area contributed by atoms with Crippen LogP contribution in [0.5, 0.6) is 0 Å². The number of amides is 2. The van der Waals surface area contributed by atoms with Gasteiger partial charge in [0.05, 0.1) is 91.1 Å². The monoisotopic (exact) mass is 742 g/mol. The van der Waals surface area contributed by atoms with Gasteiger partial charge in [0, 0.05) is 24.2 Å². The second-order valence-corrected chi connectivity index (χ2v) is 11.0. The molecule has 0 aliphatic carbocycles. The van der Waals surface area contributed by atoms with E-state index in [0.717, 1.165) is 0 Å². The van der Waals surface area contributed by atoms with Gasteiger partial charge in [0.1, 0.15) is 12.6 Å². The summed E-state index contributed by atoms with van der Waals surface area (Å²) in [6, 6.07) is 5.03. The number of hydrogen-bond acceptors (Lipinski definition) is 15. The number of carbonyl (C=O) groups is 3. The van der Waals surface area contributed by atoms with Crippen molar-refractivity contribution in [2.24, 2.45) is 0 Å². The second-order valence-electron chi connectivity index (χ2n) is 11.0. The van der Waals surface area contributed by atoms with Gasteiger partial charge in [-0.15, -0.1) is 6.42 Å². The molecule has 288 valence electrons. The zero-order valence-electron chi connectivity index (χ0n) is 29.3. The standard InChI is InChI=1S/C34H46N8O11/c1-2-10-48-12-14-50-16-18-52-20-21-53-19-17-51-15-13-49-11-9-36-28(43)8-7-27(33(46)47)40-31(44)24-3-5-25(6-4-24)37-22-26-23-38-30-29(39-26)32(45)42-34(35)41-30/h1,3-6,23,27,37H,7-22H2,(H,36,43)(H,40,44)(H,46,47)(H3,35,38,41,42,45)/t27-/m0/s1. The Morgan fingerprint density at radius 3 is 2.04 bits per heavy atom. The number of carboxylic acids is 1. The quantitative estimate of drug-likeness (QED) is 0.0413. The average molecular weight is 743 g/mol.